The summed E-state index contributed by atoms with van der Waals surface area (Å²) in [4.78, 5) is 29.4. The quantitative estimate of drug-likeness (QED) is 0.410. The lowest BCUT2D eigenvalue weighted by Crippen LogP contribution is -2.32. The number of anilines is 1. The summed E-state index contributed by atoms with van der Waals surface area (Å²) in [5.74, 6) is -0.602. The van der Waals surface area contributed by atoms with E-state index < -0.39 is 0 Å². The van der Waals surface area contributed by atoms with Crippen molar-refractivity contribution in [2.24, 2.45) is 0 Å². The van der Waals surface area contributed by atoms with Gasteiger partial charge in [0, 0.05) is 28.9 Å². The number of allylic oxidation sites excluding steroid dienone is 6. The van der Waals surface area contributed by atoms with Crippen molar-refractivity contribution < 1.29 is 9.59 Å². The van der Waals surface area contributed by atoms with Crippen LogP contribution in [0.3, 0.4) is 0 Å². The lowest BCUT2D eigenvalue weighted by atomic mass is 9.98. The van der Waals surface area contributed by atoms with Crippen LogP contribution in [0.25, 0.3) is 16.8 Å². The number of nitrogens with one attached hydrogen (secondary N) is 2. The van der Waals surface area contributed by atoms with Crippen molar-refractivity contribution >= 4 is 33.9 Å². The summed E-state index contributed by atoms with van der Waals surface area (Å²) in [5.41, 5.74) is 5.91. The van der Waals surface area contributed by atoms with Crippen LogP contribution < -0.4 is 10.6 Å². The highest BCUT2D eigenvalue weighted by molar-refractivity contribution is 7.14. The Morgan fingerprint density at radius 2 is 1.97 bits per heavy atom. The van der Waals surface area contributed by atoms with Gasteiger partial charge < -0.3 is 15.2 Å². The van der Waals surface area contributed by atoms with Gasteiger partial charge in [-0.3, -0.25) is 9.59 Å². The highest BCUT2D eigenvalue weighted by Gasteiger charge is 2.16. The summed E-state index contributed by atoms with van der Waals surface area (Å²) in [7, 11) is 0. The molecule has 0 aliphatic heterocycles. The van der Waals surface area contributed by atoms with E-state index in [2.05, 4.69) is 79.7 Å². The molecule has 0 saturated carbocycles. The van der Waals surface area contributed by atoms with Gasteiger partial charge in [0.25, 0.3) is 5.91 Å². The van der Waals surface area contributed by atoms with E-state index in [9.17, 15) is 9.59 Å². The van der Waals surface area contributed by atoms with Crippen LogP contribution in [0.5, 0.6) is 0 Å². The lowest BCUT2D eigenvalue weighted by Gasteiger charge is -2.20. The van der Waals surface area contributed by atoms with E-state index in [0.29, 0.717) is 10.7 Å². The zero-order chi connectivity index (χ0) is 25.7. The van der Waals surface area contributed by atoms with Crippen molar-refractivity contribution in [1.82, 2.24) is 14.9 Å². The maximum absolute atomic E-state index is 12.4. The predicted molar refractivity (Wildman–Crippen MR) is 148 cm³/mol. The average Bonchev–Trinajstić information content (AvgIpc) is 3.50. The summed E-state index contributed by atoms with van der Waals surface area (Å²) in [6, 6.07) is 10.0. The summed E-state index contributed by atoms with van der Waals surface area (Å²) in [5, 5.41) is 7.89. The third-order valence-electron chi connectivity index (χ3n) is 5.94. The average molecular weight is 501 g/mol. The van der Waals surface area contributed by atoms with Crippen LogP contribution in [0.15, 0.2) is 78.0 Å². The highest BCUT2D eigenvalue weighted by atomic mass is 32.1. The number of nitrogens with zero attached hydrogens (tertiary/aromatic N) is 2. The van der Waals surface area contributed by atoms with Crippen LogP contribution in [0.1, 0.15) is 56.5 Å². The zero-order valence-corrected chi connectivity index (χ0v) is 22.0. The van der Waals surface area contributed by atoms with Crippen LogP contribution in [0.2, 0.25) is 0 Å². The molecule has 0 bridgehead atoms. The normalized spacial score (nSPS) is 17.7. The maximum atomic E-state index is 12.4. The molecule has 0 radical (unpaired) electrons. The van der Waals surface area contributed by atoms with Crippen LogP contribution >= 0.6 is 11.3 Å². The SMILES string of the molecule is C/C1=C/C=C\C(c2cccc(-c3csc(NC(=O)CNC(=O)c4ccn(C(C)(C)C)c4)n3)c2)=C/CC1. The molecule has 4 rings (SSSR count). The first-order valence-corrected chi connectivity index (χ1v) is 12.9. The number of carbonyl (C=O) groups excluding carboxylic acids is 2. The van der Waals surface area contributed by atoms with Gasteiger partial charge in [-0.05, 0) is 63.8 Å². The second-order valence-corrected chi connectivity index (χ2v) is 10.8. The molecule has 1 aliphatic rings. The largest absolute Gasteiger partial charge is 0.348 e. The van der Waals surface area contributed by atoms with Crippen LogP contribution in [0.4, 0.5) is 5.13 Å². The van der Waals surface area contributed by atoms with Gasteiger partial charge >= 0.3 is 0 Å². The summed E-state index contributed by atoms with van der Waals surface area (Å²) in [6.07, 6.45) is 14.4. The number of aromatic nitrogens is 2. The maximum Gasteiger partial charge on any atom is 0.253 e. The third-order valence-corrected chi connectivity index (χ3v) is 6.70. The van der Waals surface area contributed by atoms with Gasteiger partial charge in [0.2, 0.25) is 5.91 Å². The van der Waals surface area contributed by atoms with Gasteiger partial charge in [-0.15, -0.1) is 11.3 Å². The minimum absolute atomic E-state index is 0.114. The molecule has 3 aromatic rings. The minimum Gasteiger partial charge on any atom is -0.348 e. The molecule has 7 heteroatoms. The molecule has 1 aromatic carbocycles. The standard InChI is InChI=1S/C29H32N4O2S/c1-20-8-5-10-21(11-6-9-20)22-12-7-13-23(16-22)25-19-36-28(31-25)32-26(34)17-30-27(35)24-14-15-33(18-24)29(2,3)4/h5,7-8,10-16,18-19H,6,9,17H2,1-4H3,(H,30,35)(H,31,32,34)/b10-5-,20-8-,21-11+. The second kappa shape index (κ2) is 10.9. The number of hydrogen-bond acceptors (Lipinski definition) is 4. The Bertz CT molecular complexity index is 1350. The van der Waals surface area contributed by atoms with Gasteiger partial charge in [0.15, 0.2) is 5.13 Å². The van der Waals surface area contributed by atoms with E-state index in [-0.39, 0.29) is 23.9 Å². The van der Waals surface area contributed by atoms with Crippen LogP contribution in [0, 0.1) is 0 Å². The molecule has 2 aromatic heterocycles. The first-order chi connectivity index (χ1) is 17.2. The van der Waals surface area contributed by atoms with Gasteiger partial charge in [-0.1, -0.05) is 48.1 Å². The Morgan fingerprint density at radius 3 is 2.75 bits per heavy atom. The minimum atomic E-state index is -0.318. The van der Waals surface area contributed by atoms with Crippen LogP contribution in [-0.4, -0.2) is 27.9 Å². The Balaban J connectivity index is 1.36. The van der Waals surface area contributed by atoms with E-state index in [4.69, 9.17) is 0 Å². The van der Waals surface area contributed by atoms with Crippen molar-refractivity contribution in [3.63, 3.8) is 0 Å². The lowest BCUT2D eigenvalue weighted by molar-refractivity contribution is -0.115. The molecule has 36 heavy (non-hydrogen) atoms. The third kappa shape index (κ3) is 6.49. The molecule has 2 amide bonds. The van der Waals surface area contributed by atoms with Crippen molar-refractivity contribution in [1.29, 1.82) is 0 Å². The monoisotopic (exact) mass is 500 g/mol. The molecule has 186 valence electrons. The first kappa shape index (κ1) is 25.4. The smallest absolute Gasteiger partial charge is 0.253 e. The van der Waals surface area contributed by atoms with Crippen molar-refractivity contribution in [2.45, 2.75) is 46.1 Å². The van der Waals surface area contributed by atoms with E-state index in [1.54, 1.807) is 12.3 Å². The Labute approximate surface area is 216 Å². The predicted octanol–water partition coefficient (Wildman–Crippen LogP) is 6.41. The Kier molecular flexibility index (Phi) is 7.70. The molecule has 0 unspecified atom stereocenters. The Morgan fingerprint density at radius 1 is 1.17 bits per heavy atom. The fourth-order valence-corrected chi connectivity index (χ4v) is 4.57. The van der Waals surface area contributed by atoms with Gasteiger partial charge in [0.1, 0.15) is 0 Å². The zero-order valence-electron chi connectivity index (χ0n) is 21.2. The molecule has 2 heterocycles. The highest BCUT2D eigenvalue weighted by Crippen LogP contribution is 2.28. The number of amides is 2. The first-order valence-electron chi connectivity index (χ1n) is 12.1. The van der Waals surface area contributed by atoms with Gasteiger partial charge in [-0.25, -0.2) is 4.98 Å². The van der Waals surface area contributed by atoms with E-state index in [0.717, 1.165) is 29.7 Å². The van der Waals surface area contributed by atoms with Crippen molar-refractivity contribution in [3.05, 3.63) is 89.1 Å². The summed E-state index contributed by atoms with van der Waals surface area (Å²) < 4.78 is 1.97. The molecule has 6 nitrogen and oxygen atoms in total. The number of rotatable bonds is 6. The molecule has 0 spiro atoms. The second-order valence-electron chi connectivity index (χ2n) is 9.90. The molecule has 0 fully saturated rings. The molecule has 0 atom stereocenters. The number of hydrogen-bond donors (Lipinski definition) is 2. The molecule has 0 saturated heterocycles. The van der Waals surface area contributed by atoms with Crippen LogP contribution in [-0.2, 0) is 10.3 Å². The molecule has 2 N–H and O–H groups in total. The fraction of sp³-hybridized carbons (Fsp3) is 0.276. The van der Waals surface area contributed by atoms with Gasteiger partial charge in [0.05, 0.1) is 17.8 Å². The summed E-state index contributed by atoms with van der Waals surface area (Å²) in [6.45, 7) is 8.21. The van der Waals surface area contributed by atoms with Gasteiger partial charge in [-0.2, -0.15) is 0 Å². The van der Waals surface area contributed by atoms with E-state index in [1.807, 2.05) is 28.3 Å². The van der Waals surface area contributed by atoms with Crippen molar-refractivity contribution in [3.8, 4) is 11.3 Å². The topological polar surface area (TPSA) is 76.0 Å². The molecular formula is C29H32N4O2S. The molecular weight excluding hydrogens is 468 g/mol. The Hall–Kier alpha value is -3.71. The summed E-state index contributed by atoms with van der Waals surface area (Å²) >= 11 is 1.36. The van der Waals surface area contributed by atoms with Crippen molar-refractivity contribution in [2.75, 3.05) is 11.9 Å². The number of benzene rings is 1. The molecule has 1 aliphatic carbocycles. The van der Waals surface area contributed by atoms with E-state index in [1.165, 1.54) is 22.5 Å². The fourth-order valence-electron chi connectivity index (χ4n) is 3.83. The number of thiazole rings is 1. The number of carbonyl (C=O) groups is 2. The van der Waals surface area contributed by atoms with E-state index >= 15 is 0 Å².